The van der Waals surface area contributed by atoms with E-state index in [2.05, 4.69) is 51.2 Å². The molecule has 0 aromatic rings. The number of nitrogens with zero attached hydrogens (tertiary/aromatic N) is 1. The van der Waals surface area contributed by atoms with Crippen LogP contribution < -0.4 is 5.32 Å². The minimum atomic E-state index is -0.249. The van der Waals surface area contributed by atoms with Gasteiger partial charge in [0.1, 0.15) is 6.10 Å². The number of carbonyl (C=O) groups excluding carboxylic acids is 2. The molecule has 0 aromatic carbocycles. The van der Waals surface area contributed by atoms with Gasteiger partial charge in [0, 0.05) is 19.0 Å². The van der Waals surface area contributed by atoms with Crippen LogP contribution in [0.3, 0.4) is 0 Å². The number of nitrogens with one attached hydrogen (secondary N) is 1. The Bertz CT molecular complexity index is 903. The number of hydrogen-bond donors (Lipinski definition) is 1. The van der Waals surface area contributed by atoms with Gasteiger partial charge in [-0.25, -0.2) is 0 Å². The monoisotopic (exact) mass is 484 g/mol. The summed E-state index contributed by atoms with van der Waals surface area (Å²) in [5.74, 6) is 2.36. The van der Waals surface area contributed by atoms with Gasteiger partial charge in [0.15, 0.2) is 0 Å². The maximum atomic E-state index is 12.6. The lowest BCUT2D eigenvalue weighted by Gasteiger charge is -2.62. The lowest BCUT2D eigenvalue weighted by Crippen LogP contribution is -2.60. The maximum Gasteiger partial charge on any atom is 0.302 e. The maximum absolute atomic E-state index is 12.6. The van der Waals surface area contributed by atoms with E-state index in [1.165, 1.54) is 39.0 Å². The zero-order chi connectivity index (χ0) is 25.7. The molecule has 3 saturated carbocycles. The summed E-state index contributed by atoms with van der Waals surface area (Å²) in [5, 5.41) is 3.19. The van der Waals surface area contributed by atoms with Crippen molar-refractivity contribution in [2.45, 2.75) is 105 Å². The number of amides is 1. The van der Waals surface area contributed by atoms with E-state index in [-0.39, 0.29) is 29.4 Å². The summed E-state index contributed by atoms with van der Waals surface area (Å²) in [6.45, 7) is 12.7. The van der Waals surface area contributed by atoms with Crippen molar-refractivity contribution in [2.24, 2.45) is 34.5 Å². The number of likely N-dealkylation sites (N-methyl/N-ethyl adjacent to an activating group) is 1. The van der Waals surface area contributed by atoms with E-state index in [1.807, 2.05) is 13.8 Å². The van der Waals surface area contributed by atoms with Gasteiger partial charge in [-0.05, 0) is 114 Å². The SMILES string of the molecule is CC(=O)O[C@H]1C[C@@]2(C)[C@@H](CC[C@@H]3[C@@H]2CC[C@]2(C)C([C@H](C)N(C)C)=CC[C@@H]32)C[C@H]1NC(=O)C=C(C)C. The first-order chi connectivity index (χ1) is 16.4. The van der Waals surface area contributed by atoms with Crippen LogP contribution >= 0.6 is 0 Å². The summed E-state index contributed by atoms with van der Waals surface area (Å²) in [6, 6.07) is 0.382. The summed E-state index contributed by atoms with van der Waals surface area (Å²) < 4.78 is 5.89. The van der Waals surface area contributed by atoms with Crippen LogP contribution in [0, 0.1) is 34.5 Å². The van der Waals surface area contributed by atoms with Crippen molar-refractivity contribution >= 4 is 11.9 Å². The Morgan fingerprint density at radius 3 is 2.49 bits per heavy atom. The predicted molar refractivity (Wildman–Crippen MR) is 141 cm³/mol. The third-order valence-electron chi connectivity index (χ3n) is 10.6. The number of esters is 1. The van der Waals surface area contributed by atoms with Gasteiger partial charge in [-0.1, -0.05) is 31.1 Å². The number of allylic oxidation sites excluding steroid dienone is 2. The van der Waals surface area contributed by atoms with Crippen molar-refractivity contribution in [3.05, 3.63) is 23.3 Å². The number of hydrogen-bond acceptors (Lipinski definition) is 4. The van der Waals surface area contributed by atoms with E-state index in [1.54, 1.807) is 11.6 Å². The zero-order valence-corrected chi connectivity index (χ0v) is 23.3. The fraction of sp³-hybridized carbons (Fsp3) is 0.800. The Hall–Kier alpha value is -1.62. The van der Waals surface area contributed by atoms with Crippen LogP contribution in [0.1, 0.15) is 86.5 Å². The molecule has 35 heavy (non-hydrogen) atoms. The fourth-order valence-electron chi connectivity index (χ4n) is 8.78. The molecule has 0 bridgehead atoms. The molecule has 9 atom stereocenters. The van der Waals surface area contributed by atoms with Crippen molar-refractivity contribution in [3.8, 4) is 0 Å². The van der Waals surface area contributed by atoms with E-state index >= 15 is 0 Å². The standard InChI is InChI=1S/C30H48N2O3/c1-18(2)15-28(34)31-26-16-21-9-10-22-24-12-11-23(19(3)32(7)8)29(24,5)14-13-25(22)30(21,6)17-27(26)35-20(4)33/h11,15,19,21-22,24-27H,9-10,12-14,16-17H2,1-8H3,(H,31,34)/t19-,21-,22-,24-,25-,26+,27-,29+,30-/m0/s1. The molecule has 0 radical (unpaired) electrons. The summed E-state index contributed by atoms with van der Waals surface area (Å²) in [6.07, 6.45) is 12.0. The van der Waals surface area contributed by atoms with Crippen LogP contribution in [0.5, 0.6) is 0 Å². The molecule has 1 N–H and O–H groups in total. The van der Waals surface area contributed by atoms with Crippen LogP contribution in [0.2, 0.25) is 0 Å². The smallest absolute Gasteiger partial charge is 0.302 e. The van der Waals surface area contributed by atoms with Gasteiger partial charge in [0.05, 0.1) is 6.04 Å². The van der Waals surface area contributed by atoms with Gasteiger partial charge < -0.3 is 15.0 Å². The first-order valence-corrected chi connectivity index (χ1v) is 13.9. The average Bonchev–Trinajstić information content (AvgIpc) is 3.09. The molecule has 0 unspecified atom stereocenters. The molecular formula is C30H48N2O3. The number of rotatable bonds is 5. The van der Waals surface area contributed by atoms with Gasteiger partial charge in [-0.3, -0.25) is 9.59 Å². The largest absolute Gasteiger partial charge is 0.460 e. The predicted octanol–water partition coefficient (Wildman–Crippen LogP) is 5.51. The lowest BCUT2D eigenvalue weighted by molar-refractivity contribution is -0.167. The molecule has 196 valence electrons. The molecule has 5 heteroatoms. The number of carbonyl (C=O) groups is 2. The third-order valence-corrected chi connectivity index (χ3v) is 10.6. The Labute approximate surface area is 213 Å². The molecule has 0 heterocycles. The van der Waals surface area contributed by atoms with Crippen LogP contribution in [-0.2, 0) is 14.3 Å². The zero-order valence-electron chi connectivity index (χ0n) is 23.3. The molecule has 0 aliphatic heterocycles. The van der Waals surface area contributed by atoms with Crippen molar-refractivity contribution in [3.63, 3.8) is 0 Å². The Morgan fingerprint density at radius 1 is 1.14 bits per heavy atom. The van der Waals surface area contributed by atoms with Gasteiger partial charge in [0.2, 0.25) is 5.91 Å². The van der Waals surface area contributed by atoms with E-state index in [4.69, 9.17) is 4.74 Å². The Balaban J connectivity index is 1.56. The highest BCUT2D eigenvalue weighted by atomic mass is 16.5. The molecule has 0 aromatic heterocycles. The van der Waals surface area contributed by atoms with Gasteiger partial charge in [-0.15, -0.1) is 0 Å². The molecule has 0 spiro atoms. The van der Waals surface area contributed by atoms with E-state index in [0.29, 0.717) is 23.3 Å². The fourth-order valence-corrected chi connectivity index (χ4v) is 8.78. The molecule has 4 rings (SSSR count). The highest BCUT2D eigenvalue weighted by molar-refractivity contribution is 5.88. The molecule has 0 saturated heterocycles. The minimum absolute atomic E-state index is 0.0718. The molecule has 5 nitrogen and oxygen atoms in total. The summed E-state index contributed by atoms with van der Waals surface area (Å²) in [7, 11) is 4.40. The Morgan fingerprint density at radius 2 is 1.86 bits per heavy atom. The molecule has 1 amide bonds. The second-order valence-corrected chi connectivity index (χ2v) is 13.1. The summed E-state index contributed by atoms with van der Waals surface area (Å²) in [5.41, 5.74) is 3.09. The normalized spacial score (nSPS) is 41.1. The van der Waals surface area contributed by atoms with Crippen molar-refractivity contribution < 1.29 is 14.3 Å². The van der Waals surface area contributed by atoms with Crippen LogP contribution in [0.4, 0.5) is 0 Å². The number of fused-ring (bicyclic) bond motifs is 5. The van der Waals surface area contributed by atoms with Crippen LogP contribution in [0.15, 0.2) is 23.3 Å². The molecule has 4 aliphatic rings. The van der Waals surface area contributed by atoms with E-state index < -0.39 is 0 Å². The first-order valence-electron chi connectivity index (χ1n) is 13.9. The average molecular weight is 485 g/mol. The number of ether oxygens (including phenoxy) is 1. The topological polar surface area (TPSA) is 58.6 Å². The molecule has 4 aliphatic carbocycles. The minimum Gasteiger partial charge on any atom is -0.460 e. The van der Waals surface area contributed by atoms with Gasteiger partial charge in [0.25, 0.3) is 0 Å². The third kappa shape index (κ3) is 4.74. The second-order valence-electron chi connectivity index (χ2n) is 13.1. The molecule has 3 fully saturated rings. The van der Waals surface area contributed by atoms with Gasteiger partial charge >= 0.3 is 5.97 Å². The lowest BCUT2D eigenvalue weighted by atomic mass is 9.44. The van der Waals surface area contributed by atoms with Gasteiger partial charge in [-0.2, -0.15) is 0 Å². The van der Waals surface area contributed by atoms with Crippen LogP contribution in [0.25, 0.3) is 0 Å². The van der Waals surface area contributed by atoms with Crippen molar-refractivity contribution in [2.75, 3.05) is 14.1 Å². The van der Waals surface area contributed by atoms with Crippen molar-refractivity contribution in [1.82, 2.24) is 10.2 Å². The molecular weight excluding hydrogens is 436 g/mol. The van der Waals surface area contributed by atoms with E-state index in [9.17, 15) is 9.59 Å². The quantitative estimate of drug-likeness (QED) is 0.318. The van der Waals surface area contributed by atoms with E-state index in [0.717, 1.165) is 30.3 Å². The summed E-state index contributed by atoms with van der Waals surface area (Å²) >= 11 is 0. The first kappa shape index (κ1) is 26.4. The Kier molecular flexibility index (Phi) is 7.32. The van der Waals surface area contributed by atoms with Crippen LogP contribution in [-0.4, -0.2) is 49.1 Å². The van der Waals surface area contributed by atoms with Crippen molar-refractivity contribution in [1.29, 1.82) is 0 Å². The highest BCUT2D eigenvalue weighted by Crippen LogP contribution is 2.66. The highest BCUT2D eigenvalue weighted by Gasteiger charge is 2.60. The summed E-state index contributed by atoms with van der Waals surface area (Å²) in [4.78, 5) is 27.0. The second kappa shape index (κ2) is 9.68.